The van der Waals surface area contributed by atoms with Crippen LogP contribution in [0.5, 0.6) is 0 Å². The maximum Gasteiger partial charge on any atom is 0.306 e. The highest BCUT2D eigenvalue weighted by molar-refractivity contribution is 5.71. The summed E-state index contributed by atoms with van der Waals surface area (Å²) < 4.78 is 16.8. The standard InChI is InChI=1S/C71H134O6/c1-4-7-10-13-15-17-19-21-23-25-27-29-31-33-34-35-36-38-39-41-43-45-47-49-51-53-55-58-61-64-70(73)76-67-68(66-75-69(72)63-60-57-12-9-6-3)77-71(74)65-62-59-56-54-52-50-48-46-44-42-40-37-32-30-28-26-24-22-20-18-16-14-11-8-5-2/h25-28,68H,4-24,29-67H2,1-3H3/b27-25-,28-26-. The molecule has 0 saturated heterocycles. The molecule has 1 unspecified atom stereocenters. The molecule has 0 aromatic rings. The van der Waals surface area contributed by atoms with Gasteiger partial charge in [0.15, 0.2) is 6.10 Å². The molecule has 454 valence electrons. The van der Waals surface area contributed by atoms with Gasteiger partial charge in [0.05, 0.1) is 0 Å². The van der Waals surface area contributed by atoms with E-state index < -0.39 is 6.10 Å². The number of unbranched alkanes of at least 4 members (excludes halogenated alkanes) is 50. The summed E-state index contributed by atoms with van der Waals surface area (Å²) in [6.45, 7) is 6.63. The Hall–Kier alpha value is -2.11. The highest BCUT2D eigenvalue weighted by Gasteiger charge is 2.19. The Bertz CT molecular complexity index is 1240. The smallest absolute Gasteiger partial charge is 0.306 e. The highest BCUT2D eigenvalue weighted by Crippen LogP contribution is 2.18. The molecule has 0 heterocycles. The first-order chi connectivity index (χ1) is 38.0. The molecule has 0 saturated carbocycles. The first kappa shape index (κ1) is 74.9. The molecule has 0 spiro atoms. The fraction of sp³-hybridized carbons (Fsp3) is 0.901. The Morgan fingerprint density at radius 3 is 0.649 bits per heavy atom. The predicted octanol–water partition coefficient (Wildman–Crippen LogP) is 23.8. The molecule has 0 radical (unpaired) electrons. The van der Waals surface area contributed by atoms with Crippen molar-refractivity contribution in [3.63, 3.8) is 0 Å². The van der Waals surface area contributed by atoms with E-state index in [4.69, 9.17) is 14.2 Å². The molecule has 77 heavy (non-hydrogen) atoms. The monoisotopic (exact) mass is 1080 g/mol. The fourth-order valence-electron chi connectivity index (χ4n) is 10.7. The molecule has 0 aromatic carbocycles. The van der Waals surface area contributed by atoms with Crippen LogP contribution in [-0.4, -0.2) is 37.2 Å². The van der Waals surface area contributed by atoms with Gasteiger partial charge < -0.3 is 14.2 Å². The van der Waals surface area contributed by atoms with E-state index in [1.54, 1.807) is 0 Å². The number of rotatable bonds is 65. The van der Waals surface area contributed by atoms with E-state index in [0.29, 0.717) is 19.3 Å². The summed E-state index contributed by atoms with van der Waals surface area (Å²) in [7, 11) is 0. The van der Waals surface area contributed by atoms with E-state index in [1.807, 2.05) is 0 Å². The summed E-state index contributed by atoms with van der Waals surface area (Å²) in [6, 6.07) is 0. The zero-order chi connectivity index (χ0) is 55.7. The second-order valence-corrected chi connectivity index (χ2v) is 23.8. The predicted molar refractivity (Wildman–Crippen MR) is 335 cm³/mol. The van der Waals surface area contributed by atoms with E-state index >= 15 is 0 Å². The Labute approximate surface area is 481 Å². The molecule has 6 heteroatoms. The van der Waals surface area contributed by atoms with Crippen molar-refractivity contribution in [3.05, 3.63) is 24.3 Å². The second kappa shape index (κ2) is 66.4. The van der Waals surface area contributed by atoms with Crippen LogP contribution in [0.4, 0.5) is 0 Å². The Kier molecular flexibility index (Phi) is 64.6. The zero-order valence-electron chi connectivity index (χ0n) is 52.3. The van der Waals surface area contributed by atoms with Gasteiger partial charge in [-0.05, 0) is 70.6 Å². The van der Waals surface area contributed by atoms with Crippen molar-refractivity contribution >= 4 is 17.9 Å². The van der Waals surface area contributed by atoms with Crippen molar-refractivity contribution in [3.8, 4) is 0 Å². The number of allylic oxidation sites excluding steroid dienone is 4. The first-order valence-electron chi connectivity index (χ1n) is 34.8. The van der Waals surface area contributed by atoms with Crippen LogP contribution in [0.25, 0.3) is 0 Å². The summed E-state index contributed by atoms with van der Waals surface area (Å²) in [5.41, 5.74) is 0. The van der Waals surface area contributed by atoms with E-state index in [-0.39, 0.29) is 31.1 Å². The number of hydrogen-bond acceptors (Lipinski definition) is 6. The highest BCUT2D eigenvalue weighted by atomic mass is 16.6. The molecular formula is C71H134O6. The van der Waals surface area contributed by atoms with Crippen LogP contribution < -0.4 is 0 Å². The molecule has 0 aliphatic heterocycles. The Morgan fingerprint density at radius 1 is 0.247 bits per heavy atom. The minimum atomic E-state index is -0.765. The molecule has 0 N–H and O–H groups in total. The minimum absolute atomic E-state index is 0.0663. The molecule has 0 rings (SSSR count). The van der Waals surface area contributed by atoms with Crippen LogP contribution in [0.1, 0.15) is 393 Å². The number of carbonyl (C=O) groups excluding carboxylic acids is 3. The van der Waals surface area contributed by atoms with Crippen molar-refractivity contribution in [1.29, 1.82) is 0 Å². The molecule has 0 aliphatic carbocycles. The largest absolute Gasteiger partial charge is 0.462 e. The summed E-state index contributed by atoms with van der Waals surface area (Å²) in [5, 5.41) is 0. The second-order valence-electron chi connectivity index (χ2n) is 23.8. The van der Waals surface area contributed by atoms with Gasteiger partial charge >= 0.3 is 17.9 Å². The van der Waals surface area contributed by atoms with Crippen LogP contribution >= 0.6 is 0 Å². The van der Waals surface area contributed by atoms with E-state index in [1.165, 1.54) is 289 Å². The van der Waals surface area contributed by atoms with Crippen molar-refractivity contribution in [2.45, 2.75) is 399 Å². The molecule has 1 atom stereocenters. The summed E-state index contributed by atoms with van der Waals surface area (Å²) in [6.07, 6.45) is 81.3. The van der Waals surface area contributed by atoms with Crippen LogP contribution in [0.2, 0.25) is 0 Å². The average Bonchev–Trinajstić information content (AvgIpc) is 3.43. The summed E-state index contributed by atoms with van der Waals surface area (Å²) in [4.78, 5) is 38.0. The molecule has 0 aromatic heterocycles. The average molecular weight is 1080 g/mol. The zero-order valence-corrected chi connectivity index (χ0v) is 52.3. The topological polar surface area (TPSA) is 78.9 Å². The van der Waals surface area contributed by atoms with Crippen molar-refractivity contribution < 1.29 is 28.6 Å². The van der Waals surface area contributed by atoms with Crippen LogP contribution in [0.3, 0.4) is 0 Å². The van der Waals surface area contributed by atoms with Gasteiger partial charge in [-0.3, -0.25) is 14.4 Å². The maximum atomic E-state index is 12.8. The number of hydrogen-bond donors (Lipinski definition) is 0. The van der Waals surface area contributed by atoms with Gasteiger partial charge in [0.25, 0.3) is 0 Å². The third-order valence-corrected chi connectivity index (χ3v) is 15.9. The number of ether oxygens (including phenoxy) is 3. The number of carbonyl (C=O) groups is 3. The lowest BCUT2D eigenvalue weighted by molar-refractivity contribution is -0.167. The molecule has 0 amide bonds. The quantitative estimate of drug-likeness (QED) is 0.0261. The van der Waals surface area contributed by atoms with Gasteiger partial charge in [-0.15, -0.1) is 0 Å². The Balaban J connectivity index is 3.93. The van der Waals surface area contributed by atoms with E-state index in [2.05, 4.69) is 45.1 Å². The van der Waals surface area contributed by atoms with E-state index in [9.17, 15) is 14.4 Å². The maximum absolute atomic E-state index is 12.8. The Morgan fingerprint density at radius 2 is 0.429 bits per heavy atom. The van der Waals surface area contributed by atoms with Gasteiger partial charge in [-0.25, -0.2) is 0 Å². The third-order valence-electron chi connectivity index (χ3n) is 15.9. The van der Waals surface area contributed by atoms with Crippen LogP contribution in [0, 0.1) is 0 Å². The first-order valence-corrected chi connectivity index (χ1v) is 34.8. The lowest BCUT2D eigenvalue weighted by Crippen LogP contribution is -2.30. The molecular weight excluding hydrogens is 949 g/mol. The van der Waals surface area contributed by atoms with Crippen molar-refractivity contribution in [2.75, 3.05) is 13.2 Å². The van der Waals surface area contributed by atoms with Crippen LogP contribution in [-0.2, 0) is 28.6 Å². The van der Waals surface area contributed by atoms with Crippen LogP contribution in [0.15, 0.2) is 24.3 Å². The lowest BCUT2D eigenvalue weighted by atomic mass is 10.0. The molecule has 6 nitrogen and oxygen atoms in total. The van der Waals surface area contributed by atoms with Gasteiger partial charge in [-0.2, -0.15) is 0 Å². The number of esters is 3. The molecule has 0 aliphatic rings. The minimum Gasteiger partial charge on any atom is -0.462 e. The third kappa shape index (κ3) is 64.6. The SMILES string of the molecule is CCCCCCCCCC/C=C\CCCCCCCCCCCCCCCCCCCC(=O)OCC(COC(=O)CCCCCCC)OC(=O)CCCCCCCCCCCCCCC/C=C\CCCCCCCCCC. The lowest BCUT2D eigenvalue weighted by Gasteiger charge is -2.18. The van der Waals surface area contributed by atoms with Gasteiger partial charge in [0.2, 0.25) is 0 Å². The fourth-order valence-corrected chi connectivity index (χ4v) is 10.7. The molecule has 0 bridgehead atoms. The van der Waals surface area contributed by atoms with Crippen molar-refractivity contribution in [1.82, 2.24) is 0 Å². The molecule has 0 fully saturated rings. The van der Waals surface area contributed by atoms with Gasteiger partial charge in [0, 0.05) is 19.3 Å². The summed E-state index contributed by atoms with van der Waals surface area (Å²) in [5.74, 6) is -0.854. The summed E-state index contributed by atoms with van der Waals surface area (Å²) >= 11 is 0. The van der Waals surface area contributed by atoms with Gasteiger partial charge in [0.1, 0.15) is 13.2 Å². The van der Waals surface area contributed by atoms with Gasteiger partial charge in [-0.1, -0.05) is 328 Å². The van der Waals surface area contributed by atoms with E-state index in [0.717, 1.165) is 64.2 Å². The van der Waals surface area contributed by atoms with Crippen molar-refractivity contribution in [2.24, 2.45) is 0 Å². The normalized spacial score (nSPS) is 12.1.